The van der Waals surface area contributed by atoms with Crippen molar-refractivity contribution in [2.75, 3.05) is 6.54 Å². The third kappa shape index (κ3) is 5.02. The number of amides is 1. The summed E-state index contributed by atoms with van der Waals surface area (Å²) in [6.07, 6.45) is -2.54. The van der Waals surface area contributed by atoms with Crippen molar-refractivity contribution < 1.29 is 22.4 Å². The summed E-state index contributed by atoms with van der Waals surface area (Å²) in [6, 6.07) is 2.23. The van der Waals surface area contributed by atoms with Crippen molar-refractivity contribution in [2.45, 2.75) is 32.4 Å². The van der Waals surface area contributed by atoms with Crippen LogP contribution in [0.3, 0.4) is 0 Å². The van der Waals surface area contributed by atoms with Gasteiger partial charge < -0.3 is 5.32 Å². The Morgan fingerprint density at radius 2 is 2.04 bits per heavy atom. The van der Waals surface area contributed by atoms with Crippen LogP contribution in [0, 0.1) is 12.7 Å². The second kappa shape index (κ2) is 7.74. The van der Waals surface area contributed by atoms with Crippen LogP contribution in [0.4, 0.5) is 17.6 Å². The smallest absolute Gasteiger partial charge is 0.352 e. The van der Waals surface area contributed by atoms with Gasteiger partial charge in [-0.2, -0.15) is 13.2 Å². The summed E-state index contributed by atoms with van der Waals surface area (Å²) >= 11 is 1.58. The van der Waals surface area contributed by atoms with E-state index >= 15 is 0 Å². The molecule has 0 unspecified atom stereocenters. The van der Waals surface area contributed by atoms with Crippen LogP contribution in [0.1, 0.15) is 39.5 Å². The average Bonchev–Trinajstić information content (AvgIpc) is 2.91. The summed E-state index contributed by atoms with van der Waals surface area (Å²) < 4.78 is 51.1. The molecule has 0 aliphatic carbocycles. The molecule has 0 aliphatic rings. The van der Waals surface area contributed by atoms with Crippen molar-refractivity contribution >= 4 is 17.2 Å². The largest absolute Gasteiger partial charge is 0.419 e. The highest BCUT2D eigenvalue weighted by molar-refractivity contribution is 7.09. The average molecular weight is 360 g/mol. The highest BCUT2D eigenvalue weighted by Gasteiger charge is 2.34. The number of aryl methyl sites for hydroxylation is 2. The molecule has 0 fully saturated rings. The lowest BCUT2D eigenvalue weighted by Gasteiger charge is -2.10. The van der Waals surface area contributed by atoms with E-state index in [2.05, 4.69) is 10.3 Å². The summed E-state index contributed by atoms with van der Waals surface area (Å²) in [5.41, 5.74) is -0.673. The van der Waals surface area contributed by atoms with Gasteiger partial charge in [0.15, 0.2) is 0 Å². The van der Waals surface area contributed by atoms with Crippen molar-refractivity contribution in [1.82, 2.24) is 10.3 Å². The molecule has 1 heterocycles. The number of nitrogens with one attached hydrogen (secondary N) is 1. The first-order valence-electron chi connectivity index (χ1n) is 7.33. The fourth-order valence-electron chi connectivity index (χ4n) is 2.11. The maximum absolute atomic E-state index is 13.2. The molecule has 130 valence electrons. The lowest BCUT2D eigenvalue weighted by atomic mass is 10.1. The van der Waals surface area contributed by atoms with Crippen molar-refractivity contribution in [3.8, 4) is 0 Å². The number of hydrogen-bond donors (Lipinski definition) is 1. The lowest BCUT2D eigenvalue weighted by Crippen LogP contribution is -2.25. The molecular formula is C16H16F4N2OS. The van der Waals surface area contributed by atoms with Crippen LogP contribution in [-0.4, -0.2) is 17.4 Å². The molecule has 1 aromatic heterocycles. The zero-order chi connectivity index (χ0) is 17.7. The summed E-state index contributed by atoms with van der Waals surface area (Å²) in [6.45, 7) is 2.25. The van der Waals surface area contributed by atoms with Gasteiger partial charge in [-0.1, -0.05) is 0 Å². The molecule has 2 aromatic rings. The van der Waals surface area contributed by atoms with Crippen LogP contribution in [0.5, 0.6) is 0 Å². The van der Waals surface area contributed by atoms with Crippen molar-refractivity contribution in [2.24, 2.45) is 0 Å². The van der Waals surface area contributed by atoms with Crippen LogP contribution in [0.25, 0.3) is 0 Å². The molecule has 1 aromatic carbocycles. The van der Waals surface area contributed by atoms with E-state index in [9.17, 15) is 22.4 Å². The summed E-state index contributed by atoms with van der Waals surface area (Å²) in [5.74, 6) is -2.04. The van der Waals surface area contributed by atoms with Crippen molar-refractivity contribution in [1.29, 1.82) is 0 Å². The minimum Gasteiger partial charge on any atom is -0.352 e. The maximum Gasteiger partial charge on any atom is 0.419 e. The van der Waals surface area contributed by atoms with Gasteiger partial charge in [-0.3, -0.25) is 4.79 Å². The maximum atomic E-state index is 13.2. The Hall–Kier alpha value is -1.96. The Kier molecular flexibility index (Phi) is 5.93. The molecule has 8 heteroatoms. The number of thiazole rings is 1. The molecule has 0 spiro atoms. The van der Waals surface area contributed by atoms with Gasteiger partial charge in [0.25, 0.3) is 5.91 Å². The Labute approximate surface area is 140 Å². The van der Waals surface area contributed by atoms with Gasteiger partial charge in [0, 0.05) is 23.2 Å². The Bertz CT molecular complexity index is 712. The van der Waals surface area contributed by atoms with Gasteiger partial charge in [0.05, 0.1) is 10.6 Å². The van der Waals surface area contributed by atoms with Crippen LogP contribution in [0.2, 0.25) is 0 Å². The number of benzene rings is 1. The number of nitrogens with zero attached hydrogens (tertiary/aromatic N) is 1. The molecule has 0 saturated carbocycles. The molecule has 0 saturated heterocycles. The number of hydrogen-bond acceptors (Lipinski definition) is 3. The number of rotatable bonds is 6. The summed E-state index contributed by atoms with van der Waals surface area (Å²) in [5, 5.41) is 5.53. The van der Waals surface area contributed by atoms with Gasteiger partial charge in [-0.05, 0) is 44.4 Å². The number of aromatic nitrogens is 1. The third-order valence-corrected chi connectivity index (χ3v) is 4.33. The minimum atomic E-state index is -4.83. The zero-order valence-electron chi connectivity index (χ0n) is 12.9. The third-order valence-electron chi connectivity index (χ3n) is 3.30. The monoisotopic (exact) mass is 360 g/mol. The van der Waals surface area contributed by atoms with Crippen molar-refractivity contribution in [3.05, 3.63) is 51.2 Å². The van der Waals surface area contributed by atoms with E-state index in [1.807, 2.05) is 12.3 Å². The number of alkyl halides is 3. The first-order valence-corrected chi connectivity index (χ1v) is 8.21. The summed E-state index contributed by atoms with van der Waals surface area (Å²) in [4.78, 5) is 16.2. The number of carbonyl (C=O) groups is 1. The molecule has 0 bridgehead atoms. The molecular weight excluding hydrogens is 344 g/mol. The Morgan fingerprint density at radius 1 is 1.29 bits per heavy atom. The first-order chi connectivity index (χ1) is 11.3. The van der Waals surface area contributed by atoms with Crippen molar-refractivity contribution in [3.63, 3.8) is 0 Å². The van der Waals surface area contributed by atoms with E-state index in [4.69, 9.17) is 0 Å². The van der Waals surface area contributed by atoms with Crippen LogP contribution in [-0.2, 0) is 12.6 Å². The van der Waals surface area contributed by atoms with E-state index in [1.165, 1.54) is 0 Å². The Balaban J connectivity index is 1.82. The molecule has 1 N–H and O–H groups in total. The zero-order valence-corrected chi connectivity index (χ0v) is 13.7. The van der Waals surface area contributed by atoms with E-state index in [0.717, 1.165) is 29.6 Å². The predicted molar refractivity (Wildman–Crippen MR) is 83.5 cm³/mol. The highest BCUT2D eigenvalue weighted by atomic mass is 32.1. The van der Waals surface area contributed by atoms with E-state index < -0.39 is 23.5 Å². The van der Waals surface area contributed by atoms with Crippen LogP contribution in [0.15, 0.2) is 23.6 Å². The quantitative estimate of drug-likeness (QED) is 0.614. The van der Waals surface area contributed by atoms with E-state index in [0.29, 0.717) is 25.1 Å². The molecule has 2 rings (SSSR count). The molecule has 0 atom stereocenters. The molecule has 24 heavy (non-hydrogen) atoms. The fourth-order valence-corrected chi connectivity index (χ4v) is 2.92. The van der Waals surface area contributed by atoms with Crippen LogP contribution < -0.4 is 5.32 Å². The van der Waals surface area contributed by atoms with Gasteiger partial charge in [0.1, 0.15) is 5.82 Å². The van der Waals surface area contributed by atoms with E-state index in [-0.39, 0.29) is 5.56 Å². The first kappa shape index (κ1) is 18.4. The van der Waals surface area contributed by atoms with Gasteiger partial charge in [-0.15, -0.1) is 11.3 Å². The number of unbranched alkanes of at least 4 members (excludes halogenated alkanes) is 1. The number of halogens is 4. The number of carbonyl (C=O) groups excluding carboxylic acids is 1. The standard InChI is InChI=1S/C16H16F4N2OS/c1-10-9-24-14(22-10)4-2-3-7-21-15(23)11-5-6-13(17)12(8-11)16(18,19)20/h5-6,8-9H,2-4,7H2,1H3,(H,21,23). The lowest BCUT2D eigenvalue weighted by molar-refractivity contribution is -0.140. The van der Waals surface area contributed by atoms with Crippen LogP contribution >= 0.6 is 11.3 Å². The fraction of sp³-hybridized carbons (Fsp3) is 0.375. The normalized spacial score (nSPS) is 11.5. The minimum absolute atomic E-state index is 0.209. The van der Waals surface area contributed by atoms with E-state index in [1.54, 1.807) is 11.3 Å². The topological polar surface area (TPSA) is 42.0 Å². The highest BCUT2D eigenvalue weighted by Crippen LogP contribution is 2.31. The molecule has 0 aliphatic heterocycles. The second-order valence-corrected chi connectivity index (χ2v) is 6.23. The molecule has 3 nitrogen and oxygen atoms in total. The summed E-state index contributed by atoms with van der Waals surface area (Å²) in [7, 11) is 0. The predicted octanol–water partition coefficient (Wildman–Crippen LogP) is 4.36. The SMILES string of the molecule is Cc1csc(CCCCNC(=O)c2ccc(F)c(C(F)(F)F)c2)n1. The van der Waals surface area contributed by atoms with Gasteiger partial charge in [-0.25, -0.2) is 9.37 Å². The second-order valence-electron chi connectivity index (χ2n) is 5.29. The Morgan fingerprint density at radius 3 is 2.67 bits per heavy atom. The molecule has 1 amide bonds. The van der Waals surface area contributed by atoms with Gasteiger partial charge in [0.2, 0.25) is 0 Å². The van der Waals surface area contributed by atoms with Gasteiger partial charge >= 0.3 is 6.18 Å². The molecule has 0 radical (unpaired) electrons.